The molecular formula is C27H33FN6O5S. The lowest BCUT2D eigenvalue weighted by atomic mass is 10.0. The molecule has 1 unspecified atom stereocenters. The van der Waals surface area contributed by atoms with Crippen molar-refractivity contribution in [2.24, 2.45) is 0 Å². The van der Waals surface area contributed by atoms with Crippen LogP contribution in [0.4, 0.5) is 4.39 Å². The van der Waals surface area contributed by atoms with Crippen molar-refractivity contribution in [3.8, 4) is 10.8 Å². The molecule has 1 aromatic carbocycles. The minimum atomic E-state index is -1.54. The van der Waals surface area contributed by atoms with Crippen LogP contribution >= 0.6 is 11.3 Å². The Morgan fingerprint density at radius 3 is 2.48 bits per heavy atom. The standard InChI is InChI=1S/C27H33FN6O5S/c1-8-39-20(18-13-17(28)9-10-19(18)38-7)14-32-24-21(16(4)23(40-24)34-29-11-12-30-34)22(35)33(26(32)37)27(5,6)25(36)31-15(2)3/h9-13,15,20H,8,14H2,1-7H3,(H,31,36). The van der Waals surface area contributed by atoms with E-state index < -0.39 is 34.6 Å². The van der Waals surface area contributed by atoms with Gasteiger partial charge in [-0.2, -0.15) is 10.2 Å². The average molecular weight is 573 g/mol. The Morgan fingerprint density at radius 1 is 1.20 bits per heavy atom. The van der Waals surface area contributed by atoms with Crippen LogP contribution in [0.1, 0.15) is 51.8 Å². The van der Waals surface area contributed by atoms with Gasteiger partial charge in [0.15, 0.2) is 0 Å². The van der Waals surface area contributed by atoms with Crippen LogP contribution < -0.4 is 21.3 Å². The van der Waals surface area contributed by atoms with Crippen molar-refractivity contribution in [3.63, 3.8) is 0 Å². The van der Waals surface area contributed by atoms with Crippen LogP contribution in [0.5, 0.6) is 5.75 Å². The maximum absolute atomic E-state index is 14.4. The SMILES string of the molecule is CCOC(Cn1c(=O)n(C(C)(C)C(=O)NC(C)C)c(=O)c2c(C)c(-n3nccn3)sc21)c1cc(F)ccc1OC. The molecule has 0 aliphatic heterocycles. The first-order valence-corrected chi connectivity index (χ1v) is 13.7. The molecule has 0 aliphatic carbocycles. The zero-order chi connectivity index (χ0) is 29.4. The lowest BCUT2D eigenvalue weighted by Gasteiger charge is -2.28. The number of ether oxygens (including phenoxy) is 2. The van der Waals surface area contributed by atoms with Gasteiger partial charge in [0.1, 0.15) is 33.0 Å². The summed E-state index contributed by atoms with van der Waals surface area (Å²) >= 11 is 1.17. The molecule has 13 heteroatoms. The van der Waals surface area contributed by atoms with E-state index >= 15 is 0 Å². The lowest BCUT2D eigenvalue weighted by Crippen LogP contribution is -2.56. The fourth-order valence-corrected chi connectivity index (χ4v) is 5.82. The number of aryl methyl sites for hydroxylation is 1. The minimum Gasteiger partial charge on any atom is -0.496 e. The number of halogens is 1. The van der Waals surface area contributed by atoms with Crippen molar-refractivity contribution in [3.05, 3.63) is 68.4 Å². The summed E-state index contributed by atoms with van der Waals surface area (Å²) in [5.41, 5.74) is -1.89. The summed E-state index contributed by atoms with van der Waals surface area (Å²) in [6.45, 7) is 10.3. The van der Waals surface area contributed by atoms with Crippen molar-refractivity contribution in [2.45, 2.75) is 65.8 Å². The van der Waals surface area contributed by atoms with Crippen LogP contribution in [-0.4, -0.2) is 49.8 Å². The Labute approximate surface area is 234 Å². The van der Waals surface area contributed by atoms with Gasteiger partial charge in [0.25, 0.3) is 5.56 Å². The van der Waals surface area contributed by atoms with Crippen LogP contribution in [0.2, 0.25) is 0 Å². The molecule has 1 N–H and O–H groups in total. The van der Waals surface area contributed by atoms with Crippen LogP contribution in [0, 0.1) is 12.7 Å². The largest absolute Gasteiger partial charge is 0.496 e. The van der Waals surface area contributed by atoms with Gasteiger partial charge < -0.3 is 14.8 Å². The van der Waals surface area contributed by atoms with Gasteiger partial charge >= 0.3 is 5.69 Å². The van der Waals surface area contributed by atoms with Crippen molar-refractivity contribution >= 4 is 27.5 Å². The predicted octanol–water partition coefficient (Wildman–Crippen LogP) is 3.30. The molecule has 1 atom stereocenters. The highest BCUT2D eigenvalue weighted by Gasteiger charge is 2.36. The fraction of sp³-hybridized carbons (Fsp3) is 0.444. The molecule has 0 aliphatic rings. The molecule has 0 fully saturated rings. The molecule has 3 aromatic heterocycles. The number of methoxy groups -OCH3 is 1. The number of benzene rings is 1. The van der Waals surface area contributed by atoms with E-state index in [-0.39, 0.29) is 24.6 Å². The van der Waals surface area contributed by atoms with Gasteiger partial charge in [-0.1, -0.05) is 11.3 Å². The van der Waals surface area contributed by atoms with Gasteiger partial charge in [-0.05, 0) is 59.7 Å². The molecule has 40 heavy (non-hydrogen) atoms. The monoisotopic (exact) mass is 572 g/mol. The van der Waals surface area contributed by atoms with Crippen molar-refractivity contribution in [1.29, 1.82) is 0 Å². The van der Waals surface area contributed by atoms with E-state index in [1.165, 1.54) is 72.3 Å². The molecule has 4 aromatic rings. The number of carbonyl (C=O) groups is 1. The lowest BCUT2D eigenvalue weighted by molar-refractivity contribution is -0.129. The number of aromatic nitrogens is 5. The van der Waals surface area contributed by atoms with Crippen molar-refractivity contribution < 1.29 is 18.7 Å². The summed E-state index contributed by atoms with van der Waals surface area (Å²) in [6, 6.07) is 3.86. The van der Waals surface area contributed by atoms with E-state index in [9.17, 15) is 18.8 Å². The zero-order valence-electron chi connectivity index (χ0n) is 23.5. The van der Waals surface area contributed by atoms with Crippen molar-refractivity contribution in [1.82, 2.24) is 29.4 Å². The van der Waals surface area contributed by atoms with E-state index in [1.54, 1.807) is 27.7 Å². The first-order chi connectivity index (χ1) is 18.9. The van der Waals surface area contributed by atoms with Gasteiger partial charge in [-0.25, -0.2) is 13.8 Å². The Kier molecular flexibility index (Phi) is 8.26. The Hall–Kier alpha value is -3.84. The third-order valence-electron chi connectivity index (χ3n) is 6.58. The number of amides is 1. The van der Waals surface area contributed by atoms with Crippen LogP contribution in [0.3, 0.4) is 0 Å². The van der Waals surface area contributed by atoms with Crippen molar-refractivity contribution in [2.75, 3.05) is 13.7 Å². The number of hydrogen-bond acceptors (Lipinski definition) is 8. The Bertz CT molecular complexity index is 1650. The second-order valence-electron chi connectivity index (χ2n) is 10.1. The summed E-state index contributed by atoms with van der Waals surface area (Å²) < 4.78 is 28.2. The number of carbonyl (C=O) groups excluding carboxylic acids is 1. The Morgan fingerprint density at radius 2 is 1.88 bits per heavy atom. The topological polar surface area (TPSA) is 122 Å². The summed E-state index contributed by atoms with van der Waals surface area (Å²) in [6.07, 6.45) is 2.20. The normalized spacial score (nSPS) is 12.7. The number of nitrogens with one attached hydrogen (secondary N) is 1. The van der Waals surface area contributed by atoms with E-state index in [0.29, 0.717) is 26.7 Å². The number of fused-ring (bicyclic) bond motifs is 1. The molecule has 4 rings (SSSR count). The first kappa shape index (κ1) is 29.2. The Balaban J connectivity index is 2.04. The van der Waals surface area contributed by atoms with Crippen LogP contribution in [0.25, 0.3) is 15.2 Å². The third kappa shape index (κ3) is 5.18. The highest BCUT2D eigenvalue weighted by Crippen LogP contribution is 2.34. The number of nitrogens with zero attached hydrogens (tertiary/aromatic N) is 5. The van der Waals surface area contributed by atoms with E-state index in [2.05, 4.69) is 15.5 Å². The highest BCUT2D eigenvalue weighted by atomic mass is 32.1. The average Bonchev–Trinajstić information content (AvgIpc) is 3.53. The quantitative estimate of drug-likeness (QED) is 0.309. The third-order valence-corrected chi connectivity index (χ3v) is 7.86. The summed E-state index contributed by atoms with van der Waals surface area (Å²) in [5.74, 6) is -0.589. The van der Waals surface area contributed by atoms with E-state index in [0.717, 1.165) is 4.57 Å². The summed E-state index contributed by atoms with van der Waals surface area (Å²) in [4.78, 5) is 43.2. The van der Waals surface area contributed by atoms with Crippen LogP contribution in [-0.2, 0) is 21.6 Å². The number of thiophene rings is 1. The second kappa shape index (κ2) is 11.3. The molecule has 0 saturated carbocycles. The van der Waals surface area contributed by atoms with Crippen LogP contribution in [0.15, 0.2) is 40.2 Å². The predicted molar refractivity (Wildman–Crippen MR) is 150 cm³/mol. The fourth-order valence-electron chi connectivity index (χ4n) is 4.61. The van der Waals surface area contributed by atoms with Gasteiger partial charge in [0, 0.05) is 23.8 Å². The molecule has 0 spiro atoms. The molecule has 1 amide bonds. The molecule has 214 valence electrons. The summed E-state index contributed by atoms with van der Waals surface area (Å²) in [5, 5.41) is 12.0. The molecular weight excluding hydrogens is 539 g/mol. The summed E-state index contributed by atoms with van der Waals surface area (Å²) in [7, 11) is 1.46. The first-order valence-electron chi connectivity index (χ1n) is 12.8. The van der Waals surface area contributed by atoms with Gasteiger partial charge in [0.2, 0.25) is 5.91 Å². The highest BCUT2D eigenvalue weighted by molar-refractivity contribution is 7.21. The maximum Gasteiger partial charge on any atom is 0.333 e. The molecule has 11 nitrogen and oxygen atoms in total. The van der Waals surface area contributed by atoms with Gasteiger partial charge in [0.05, 0.1) is 31.4 Å². The minimum absolute atomic E-state index is 0.0862. The second-order valence-corrected chi connectivity index (χ2v) is 11.1. The van der Waals surface area contributed by atoms with Gasteiger partial charge in [-0.3, -0.25) is 14.2 Å². The maximum atomic E-state index is 14.4. The van der Waals surface area contributed by atoms with E-state index in [1.807, 2.05) is 0 Å². The molecule has 0 saturated heterocycles. The smallest absolute Gasteiger partial charge is 0.333 e. The molecule has 3 heterocycles. The number of rotatable bonds is 10. The molecule has 0 bridgehead atoms. The van der Waals surface area contributed by atoms with E-state index in [4.69, 9.17) is 9.47 Å². The molecule has 0 radical (unpaired) electrons. The zero-order valence-corrected chi connectivity index (χ0v) is 24.3. The number of hydrogen-bond donors (Lipinski definition) is 1. The van der Waals surface area contributed by atoms with Gasteiger partial charge in [-0.15, -0.1) is 4.80 Å².